The molecule has 0 amide bonds. The average molecular weight is 172 g/mol. The molecule has 1 atom stereocenters. The molecule has 0 saturated heterocycles. The number of carbonyl (C=O) groups excluding carboxylic acids is 1. The first kappa shape index (κ1) is 11.2. The van der Waals surface area contributed by atoms with Crippen molar-refractivity contribution in [2.75, 3.05) is 6.61 Å². The molecule has 0 fully saturated rings. The zero-order valence-electron chi connectivity index (χ0n) is 7.62. The molecular formula is C9H16O3. The summed E-state index contributed by atoms with van der Waals surface area (Å²) in [5, 5.41) is 9.13. The summed E-state index contributed by atoms with van der Waals surface area (Å²) >= 11 is 0. The van der Waals surface area contributed by atoms with Gasteiger partial charge in [-0.1, -0.05) is 19.9 Å². The van der Waals surface area contributed by atoms with E-state index in [-0.39, 0.29) is 18.5 Å². The van der Waals surface area contributed by atoms with Crippen molar-refractivity contribution in [3.63, 3.8) is 0 Å². The lowest BCUT2D eigenvalue weighted by Gasteiger charge is -2.10. The van der Waals surface area contributed by atoms with Crippen LogP contribution in [0.1, 0.15) is 20.3 Å². The van der Waals surface area contributed by atoms with E-state index in [4.69, 9.17) is 9.84 Å². The molecule has 0 aromatic carbocycles. The van der Waals surface area contributed by atoms with Gasteiger partial charge in [-0.3, -0.25) is 4.79 Å². The molecule has 1 N–H and O–H groups in total. The average Bonchev–Trinajstić information content (AvgIpc) is 2.00. The number of hydrogen-bond donors (Lipinski definition) is 1. The first-order valence-corrected chi connectivity index (χ1v) is 4.03. The second-order valence-electron chi connectivity index (χ2n) is 2.96. The second-order valence-corrected chi connectivity index (χ2v) is 2.96. The van der Waals surface area contributed by atoms with Gasteiger partial charge in [-0.05, 0) is 6.42 Å². The van der Waals surface area contributed by atoms with Gasteiger partial charge in [0, 0.05) is 0 Å². The van der Waals surface area contributed by atoms with E-state index in [0.29, 0.717) is 6.42 Å². The van der Waals surface area contributed by atoms with E-state index in [2.05, 4.69) is 6.58 Å². The van der Waals surface area contributed by atoms with Crippen molar-refractivity contribution < 1.29 is 14.6 Å². The molecule has 3 heteroatoms. The number of esters is 1. The van der Waals surface area contributed by atoms with Crippen LogP contribution in [0.2, 0.25) is 0 Å². The quantitative estimate of drug-likeness (QED) is 0.499. The summed E-state index contributed by atoms with van der Waals surface area (Å²) in [5.74, 6) is -0.418. The summed E-state index contributed by atoms with van der Waals surface area (Å²) in [6, 6.07) is 0. The first-order chi connectivity index (χ1) is 5.57. The monoisotopic (exact) mass is 172 g/mol. The van der Waals surface area contributed by atoms with E-state index in [0.717, 1.165) is 0 Å². The SMILES string of the molecule is C=CCC(O)COC(=O)C(C)C. The lowest BCUT2D eigenvalue weighted by atomic mass is 10.2. The van der Waals surface area contributed by atoms with E-state index in [1.807, 2.05) is 0 Å². The van der Waals surface area contributed by atoms with Crippen LogP contribution in [-0.4, -0.2) is 23.8 Å². The van der Waals surface area contributed by atoms with Gasteiger partial charge in [-0.15, -0.1) is 6.58 Å². The summed E-state index contributed by atoms with van der Waals surface area (Å²) in [5.41, 5.74) is 0. The van der Waals surface area contributed by atoms with E-state index in [1.54, 1.807) is 19.9 Å². The zero-order chi connectivity index (χ0) is 9.56. The minimum absolute atomic E-state index is 0.0586. The summed E-state index contributed by atoms with van der Waals surface area (Å²) in [4.78, 5) is 10.9. The van der Waals surface area contributed by atoms with E-state index < -0.39 is 6.10 Å². The number of rotatable bonds is 5. The van der Waals surface area contributed by atoms with Crippen molar-refractivity contribution >= 4 is 5.97 Å². The molecule has 0 rings (SSSR count). The van der Waals surface area contributed by atoms with E-state index in [1.165, 1.54) is 0 Å². The van der Waals surface area contributed by atoms with Crippen molar-refractivity contribution in [2.45, 2.75) is 26.4 Å². The van der Waals surface area contributed by atoms with Crippen molar-refractivity contribution in [3.8, 4) is 0 Å². The smallest absolute Gasteiger partial charge is 0.308 e. The van der Waals surface area contributed by atoms with Gasteiger partial charge in [0.2, 0.25) is 0 Å². The Bertz CT molecular complexity index is 152. The summed E-state index contributed by atoms with van der Waals surface area (Å²) in [6.45, 7) is 7.03. The van der Waals surface area contributed by atoms with Crippen LogP contribution in [-0.2, 0) is 9.53 Å². The number of aliphatic hydroxyl groups excluding tert-OH is 1. The molecule has 0 aliphatic heterocycles. The number of hydrogen-bond acceptors (Lipinski definition) is 3. The molecule has 0 aromatic rings. The van der Waals surface area contributed by atoms with E-state index in [9.17, 15) is 4.79 Å². The Hall–Kier alpha value is -0.830. The lowest BCUT2D eigenvalue weighted by Crippen LogP contribution is -2.20. The van der Waals surface area contributed by atoms with Gasteiger partial charge in [0.05, 0.1) is 12.0 Å². The van der Waals surface area contributed by atoms with Crippen molar-refractivity contribution in [2.24, 2.45) is 5.92 Å². The lowest BCUT2D eigenvalue weighted by molar-refractivity contribution is -0.150. The second kappa shape index (κ2) is 5.77. The molecule has 1 unspecified atom stereocenters. The van der Waals surface area contributed by atoms with Crippen LogP contribution in [0.5, 0.6) is 0 Å². The highest BCUT2D eigenvalue weighted by Crippen LogP contribution is 1.99. The summed E-state index contributed by atoms with van der Waals surface area (Å²) in [6.07, 6.45) is 1.42. The summed E-state index contributed by atoms with van der Waals surface area (Å²) < 4.78 is 4.78. The topological polar surface area (TPSA) is 46.5 Å². The third-order valence-corrected chi connectivity index (χ3v) is 1.33. The predicted molar refractivity (Wildman–Crippen MR) is 46.6 cm³/mol. The molecule has 12 heavy (non-hydrogen) atoms. The van der Waals surface area contributed by atoms with Crippen LogP contribution < -0.4 is 0 Å². The van der Waals surface area contributed by atoms with Crippen molar-refractivity contribution in [3.05, 3.63) is 12.7 Å². The summed E-state index contributed by atoms with van der Waals surface area (Å²) in [7, 11) is 0. The van der Waals surface area contributed by atoms with Gasteiger partial charge >= 0.3 is 5.97 Å². The molecule has 0 saturated carbocycles. The van der Waals surface area contributed by atoms with Crippen molar-refractivity contribution in [1.82, 2.24) is 0 Å². The normalized spacial score (nSPS) is 12.7. The third-order valence-electron chi connectivity index (χ3n) is 1.33. The molecule has 0 aromatic heterocycles. The minimum Gasteiger partial charge on any atom is -0.463 e. The van der Waals surface area contributed by atoms with Crippen LogP contribution in [0, 0.1) is 5.92 Å². The highest BCUT2D eigenvalue weighted by molar-refractivity contribution is 5.71. The Morgan fingerprint density at radius 2 is 2.25 bits per heavy atom. The molecule has 0 aliphatic rings. The molecule has 0 spiro atoms. The fraction of sp³-hybridized carbons (Fsp3) is 0.667. The fourth-order valence-corrected chi connectivity index (χ4v) is 0.605. The molecule has 0 radical (unpaired) electrons. The van der Waals surface area contributed by atoms with Crippen LogP contribution in [0.3, 0.4) is 0 Å². The fourth-order valence-electron chi connectivity index (χ4n) is 0.605. The minimum atomic E-state index is -0.620. The maximum absolute atomic E-state index is 10.9. The zero-order valence-corrected chi connectivity index (χ0v) is 7.62. The Kier molecular flexibility index (Phi) is 5.37. The van der Waals surface area contributed by atoms with Crippen LogP contribution >= 0.6 is 0 Å². The molecule has 0 heterocycles. The van der Waals surface area contributed by atoms with Gasteiger partial charge in [-0.2, -0.15) is 0 Å². The molecule has 0 bridgehead atoms. The Balaban J connectivity index is 3.53. The first-order valence-electron chi connectivity index (χ1n) is 4.03. The molecular weight excluding hydrogens is 156 g/mol. The van der Waals surface area contributed by atoms with Gasteiger partial charge in [0.15, 0.2) is 0 Å². The molecule has 70 valence electrons. The number of aliphatic hydroxyl groups is 1. The van der Waals surface area contributed by atoms with Crippen LogP contribution in [0.15, 0.2) is 12.7 Å². The third kappa shape index (κ3) is 4.91. The van der Waals surface area contributed by atoms with E-state index >= 15 is 0 Å². The van der Waals surface area contributed by atoms with Crippen LogP contribution in [0.4, 0.5) is 0 Å². The van der Waals surface area contributed by atoms with Gasteiger partial charge in [-0.25, -0.2) is 0 Å². The Morgan fingerprint density at radius 1 is 1.67 bits per heavy atom. The molecule has 3 nitrogen and oxygen atoms in total. The van der Waals surface area contributed by atoms with Gasteiger partial charge in [0.25, 0.3) is 0 Å². The maximum atomic E-state index is 10.9. The van der Waals surface area contributed by atoms with Gasteiger partial charge < -0.3 is 9.84 Å². The Morgan fingerprint density at radius 3 is 2.67 bits per heavy atom. The highest BCUT2D eigenvalue weighted by Gasteiger charge is 2.10. The standard InChI is InChI=1S/C9H16O3/c1-4-5-8(10)6-12-9(11)7(2)3/h4,7-8,10H,1,5-6H2,2-3H3. The highest BCUT2D eigenvalue weighted by atomic mass is 16.5. The number of ether oxygens (including phenoxy) is 1. The van der Waals surface area contributed by atoms with Gasteiger partial charge in [0.1, 0.15) is 6.61 Å². The molecule has 0 aliphatic carbocycles. The maximum Gasteiger partial charge on any atom is 0.308 e. The number of carbonyl (C=O) groups is 1. The van der Waals surface area contributed by atoms with Crippen molar-refractivity contribution in [1.29, 1.82) is 0 Å². The Labute approximate surface area is 73.0 Å². The van der Waals surface area contributed by atoms with Crippen LogP contribution in [0.25, 0.3) is 0 Å². The largest absolute Gasteiger partial charge is 0.463 e. The predicted octanol–water partition coefficient (Wildman–Crippen LogP) is 1.12.